The Morgan fingerprint density at radius 1 is 1.08 bits per heavy atom. The minimum Gasteiger partial charge on any atom is -0.368 e. The molecule has 1 aromatic carbocycles. The summed E-state index contributed by atoms with van der Waals surface area (Å²) in [5, 5.41) is 6.73. The number of thiocarbonyl (C=S) groups is 1. The molecule has 0 unspecified atom stereocenters. The molecule has 1 aromatic heterocycles. The van der Waals surface area contributed by atoms with Gasteiger partial charge in [0, 0.05) is 38.4 Å². The molecule has 130 valence electrons. The lowest BCUT2D eigenvalue weighted by Gasteiger charge is -2.36. The van der Waals surface area contributed by atoms with Crippen LogP contribution in [0.3, 0.4) is 0 Å². The average Bonchev–Trinajstić information content (AvgIpc) is 2.68. The van der Waals surface area contributed by atoms with Gasteiger partial charge in [0.15, 0.2) is 5.11 Å². The van der Waals surface area contributed by atoms with E-state index in [-0.39, 0.29) is 0 Å². The summed E-state index contributed by atoms with van der Waals surface area (Å²) in [5.74, 6) is 1.00. The molecule has 1 saturated heterocycles. The first-order chi connectivity index (χ1) is 12.3. The average molecular weight is 353 g/mol. The largest absolute Gasteiger partial charge is 0.368 e. The number of para-hydroxylation sites is 1. The Morgan fingerprint density at radius 3 is 2.44 bits per heavy atom. The highest BCUT2D eigenvalue weighted by molar-refractivity contribution is 7.80. The summed E-state index contributed by atoms with van der Waals surface area (Å²) in [7, 11) is 0. The number of nitrogens with one attached hydrogen (secondary N) is 2. The van der Waals surface area contributed by atoms with Gasteiger partial charge in [-0.05, 0) is 36.5 Å². The number of piperazine rings is 1. The summed E-state index contributed by atoms with van der Waals surface area (Å²) in [6.45, 7) is 8.23. The number of nitrogens with zero attached hydrogens (tertiary/aromatic N) is 3. The van der Waals surface area contributed by atoms with E-state index in [0.29, 0.717) is 11.7 Å². The molecule has 0 amide bonds. The van der Waals surface area contributed by atoms with Crippen LogP contribution in [0.25, 0.3) is 0 Å². The summed E-state index contributed by atoms with van der Waals surface area (Å²) in [5.41, 5.74) is 2.17. The van der Waals surface area contributed by atoms with Gasteiger partial charge >= 0.3 is 0 Å². The Morgan fingerprint density at radius 2 is 1.80 bits per heavy atom. The van der Waals surface area contributed by atoms with Crippen molar-refractivity contribution in [2.24, 2.45) is 0 Å². The van der Waals surface area contributed by atoms with Crippen molar-refractivity contribution in [2.75, 3.05) is 47.8 Å². The fraction of sp³-hybridized carbons (Fsp3) is 0.263. The number of aromatic nitrogens is 1. The molecule has 25 heavy (non-hydrogen) atoms. The maximum atomic E-state index is 5.21. The summed E-state index contributed by atoms with van der Waals surface area (Å²) in [4.78, 5) is 9.30. The van der Waals surface area contributed by atoms with Gasteiger partial charge in [-0.1, -0.05) is 24.3 Å². The van der Waals surface area contributed by atoms with Crippen molar-refractivity contribution in [1.82, 2.24) is 10.3 Å². The van der Waals surface area contributed by atoms with Crippen LogP contribution in [0.2, 0.25) is 0 Å². The smallest absolute Gasteiger partial charge is 0.171 e. The van der Waals surface area contributed by atoms with Crippen molar-refractivity contribution in [3.63, 3.8) is 0 Å². The molecule has 5 nitrogen and oxygen atoms in total. The lowest BCUT2D eigenvalue weighted by atomic mass is 10.2. The van der Waals surface area contributed by atoms with Crippen molar-refractivity contribution in [1.29, 1.82) is 0 Å². The molecule has 1 aliphatic rings. The van der Waals surface area contributed by atoms with Gasteiger partial charge in [-0.25, -0.2) is 4.98 Å². The maximum absolute atomic E-state index is 5.21. The highest BCUT2D eigenvalue weighted by atomic mass is 32.1. The van der Waals surface area contributed by atoms with Gasteiger partial charge in [-0.2, -0.15) is 0 Å². The lowest BCUT2D eigenvalue weighted by Crippen LogP contribution is -2.46. The molecule has 1 fully saturated rings. The third-order valence-electron chi connectivity index (χ3n) is 4.14. The molecule has 0 spiro atoms. The first-order valence-electron chi connectivity index (χ1n) is 8.43. The van der Waals surface area contributed by atoms with Gasteiger partial charge in [0.1, 0.15) is 5.82 Å². The second-order valence-electron chi connectivity index (χ2n) is 5.84. The number of rotatable bonds is 5. The van der Waals surface area contributed by atoms with E-state index in [2.05, 4.69) is 62.3 Å². The first kappa shape index (κ1) is 17.2. The monoisotopic (exact) mass is 353 g/mol. The van der Waals surface area contributed by atoms with Crippen molar-refractivity contribution in [2.45, 2.75) is 0 Å². The molecule has 1 aliphatic heterocycles. The van der Waals surface area contributed by atoms with E-state index in [1.54, 1.807) is 6.08 Å². The van der Waals surface area contributed by atoms with Gasteiger partial charge < -0.3 is 20.4 Å². The summed E-state index contributed by atoms with van der Waals surface area (Å²) in [6, 6.07) is 14.6. The zero-order valence-corrected chi connectivity index (χ0v) is 15.0. The number of pyridine rings is 1. The van der Waals surface area contributed by atoms with E-state index in [0.717, 1.165) is 37.7 Å². The third kappa shape index (κ3) is 4.70. The van der Waals surface area contributed by atoms with Crippen LogP contribution in [0.1, 0.15) is 0 Å². The molecular formula is C19H23N5S. The van der Waals surface area contributed by atoms with Crippen LogP contribution in [0, 0.1) is 0 Å². The summed E-state index contributed by atoms with van der Waals surface area (Å²) < 4.78 is 0. The minimum absolute atomic E-state index is 0.575. The third-order valence-corrected chi connectivity index (χ3v) is 4.38. The van der Waals surface area contributed by atoms with E-state index < -0.39 is 0 Å². The van der Waals surface area contributed by atoms with Crippen molar-refractivity contribution < 1.29 is 0 Å². The Balaban J connectivity index is 1.53. The zero-order chi connectivity index (χ0) is 17.5. The fourth-order valence-corrected chi connectivity index (χ4v) is 3.02. The van der Waals surface area contributed by atoms with Crippen molar-refractivity contribution >= 4 is 34.5 Å². The predicted molar refractivity (Wildman–Crippen MR) is 110 cm³/mol. The topological polar surface area (TPSA) is 43.4 Å². The number of hydrogen-bond donors (Lipinski definition) is 2. The van der Waals surface area contributed by atoms with Gasteiger partial charge in [0.25, 0.3) is 0 Å². The van der Waals surface area contributed by atoms with Crippen LogP contribution in [-0.4, -0.2) is 42.8 Å². The Kier molecular flexibility index (Phi) is 5.85. The molecule has 0 bridgehead atoms. The first-order valence-corrected chi connectivity index (χ1v) is 8.84. The Hall–Kier alpha value is -2.60. The van der Waals surface area contributed by atoms with Crippen molar-refractivity contribution in [3.05, 3.63) is 61.3 Å². The standard InChI is InChI=1S/C19H23N5S/c1-2-10-20-19(25)22-16-8-9-18(21-15-16)24-13-11-23(12-14-24)17-6-4-3-5-7-17/h2-9,15H,1,10-14H2,(H2,20,22,25). The van der Waals surface area contributed by atoms with Crippen LogP contribution in [-0.2, 0) is 0 Å². The Labute approximate surface area is 154 Å². The van der Waals surface area contributed by atoms with Crippen LogP contribution in [0.4, 0.5) is 17.2 Å². The SMILES string of the molecule is C=CCNC(=S)Nc1ccc(N2CCN(c3ccccc3)CC2)nc1. The molecule has 2 N–H and O–H groups in total. The molecule has 2 heterocycles. The Bertz CT molecular complexity index is 694. The van der Waals surface area contributed by atoms with Crippen molar-refractivity contribution in [3.8, 4) is 0 Å². The van der Waals surface area contributed by atoms with E-state index in [1.807, 2.05) is 18.3 Å². The van der Waals surface area contributed by atoms with Crippen LogP contribution in [0.5, 0.6) is 0 Å². The van der Waals surface area contributed by atoms with Crippen LogP contribution in [0.15, 0.2) is 61.3 Å². The fourth-order valence-electron chi connectivity index (χ4n) is 2.82. The van der Waals surface area contributed by atoms with Crippen LogP contribution >= 0.6 is 12.2 Å². The van der Waals surface area contributed by atoms with Gasteiger partial charge in [-0.3, -0.25) is 0 Å². The highest BCUT2D eigenvalue weighted by Crippen LogP contribution is 2.19. The molecule has 0 atom stereocenters. The molecule has 2 aromatic rings. The lowest BCUT2D eigenvalue weighted by molar-refractivity contribution is 0.647. The van der Waals surface area contributed by atoms with Crippen LogP contribution < -0.4 is 20.4 Å². The molecule has 0 radical (unpaired) electrons. The number of hydrogen-bond acceptors (Lipinski definition) is 4. The summed E-state index contributed by atoms with van der Waals surface area (Å²) in [6.07, 6.45) is 3.59. The van der Waals surface area contributed by atoms with E-state index in [4.69, 9.17) is 12.2 Å². The summed E-state index contributed by atoms with van der Waals surface area (Å²) >= 11 is 5.21. The highest BCUT2D eigenvalue weighted by Gasteiger charge is 2.18. The molecule has 6 heteroatoms. The normalized spacial score (nSPS) is 14.1. The predicted octanol–water partition coefficient (Wildman–Crippen LogP) is 2.88. The minimum atomic E-state index is 0.575. The molecule has 0 saturated carbocycles. The van der Waals surface area contributed by atoms with Gasteiger partial charge in [0.2, 0.25) is 0 Å². The second-order valence-corrected chi connectivity index (χ2v) is 6.25. The second kappa shape index (κ2) is 8.48. The van der Waals surface area contributed by atoms with E-state index in [1.165, 1.54) is 5.69 Å². The molecule has 3 rings (SSSR count). The van der Waals surface area contributed by atoms with E-state index >= 15 is 0 Å². The van der Waals surface area contributed by atoms with Gasteiger partial charge in [-0.15, -0.1) is 6.58 Å². The van der Waals surface area contributed by atoms with E-state index in [9.17, 15) is 0 Å². The zero-order valence-electron chi connectivity index (χ0n) is 14.2. The number of anilines is 3. The molecule has 0 aliphatic carbocycles. The van der Waals surface area contributed by atoms with Gasteiger partial charge in [0.05, 0.1) is 11.9 Å². The molecular weight excluding hydrogens is 330 g/mol. The number of benzene rings is 1. The quantitative estimate of drug-likeness (QED) is 0.637. The maximum Gasteiger partial charge on any atom is 0.171 e.